The molecular weight excluding hydrogens is 259 g/mol. The highest BCUT2D eigenvalue weighted by molar-refractivity contribution is 7.98. The van der Waals surface area contributed by atoms with E-state index in [9.17, 15) is 4.39 Å². The Labute approximate surface area is 116 Å². The molecule has 0 fully saturated rings. The van der Waals surface area contributed by atoms with Gasteiger partial charge in [-0.15, -0.1) is 11.8 Å². The van der Waals surface area contributed by atoms with Crippen LogP contribution in [0.2, 0.25) is 0 Å². The molecule has 96 valence electrons. The summed E-state index contributed by atoms with van der Waals surface area (Å²) in [6.45, 7) is 0.430. The number of benzene rings is 2. The van der Waals surface area contributed by atoms with Gasteiger partial charge in [0.25, 0.3) is 0 Å². The molecule has 0 aliphatic rings. The Hall–Kier alpha value is -1.99. The average molecular weight is 272 g/mol. The quantitative estimate of drug-likeness (QED) is 0.853. The van der Waals surface area contributed by atoms with E-state index >= 15 is 0 Å². The van der Waals surface area contributed by atoms with Gasteiger partial charge in [-0.1, -0.05) is 0 Å². The van der Waals surface area contributed by atoms with Gasteiger partial charge in [-0.2, -0.15) is 5.26 Å². The molecule has 4 heteroatoms. The van der Waals surface area contributed by atoms with Gasteiger partial charge >= 0.3 is 0 Å². The molecule has 0 aliphatic carbocycles. The van der Waals surface area contributed by atoms with Gasteiger partial charge in [0, 0.05) is 17.1 Å². The number of anilines is 1. The Morgan fingerprint density at radius 1 is 1.21 bits per heavy atom. The minimum atomic E-state index is -0.325. The molecule has 2 aromatic rings. The number of hydrogen-bond donors (Lipinski definition) is 1. The van der Waals surface area contributed by atoms with Gasteiger partial charge in [-0.3, -0.25) is 0 Å². The van der Waals surface area contributed by atoms with E-state index in [1.165, 1.54) is 23.1 Å². The lowest BCUT2D eigenvalue weighted by atomic mass is 10.1. The van der Waals surface area contributed by atoms with Gasteiger partial charge in [0.15, 0.2) is 0 Å². The Morgan fingerprint density at radius 3 is 2.58 bits per heavy atom. The second kappa shape index (κ2) is 6.26. The highest BCUT2D eigenvalue weighted by atomic mass is 32.2. The number of nitrogens with one attached hydrogen (secondary N) is 1. The van der Waals surface area contributed by atoms with E-state index in [0.29, 0.717) is 17.7 Å². The molecule has 0 aliphatic heterocycles. The fourth-order valence-electron chi connectivity index (χ4n) is 1.72. The van der Waals surface area contributed by atoms with E-state index in [0.717, 1.165) is 5.69 Å². The van der Waals surface area contributed by atoms with Gasteiger partial charge in [0.2, 0.25) is 0 Å². The maximum absolute atomic E-state index is 13.2. The van der Waals surface area contributed by atoms with Crippen LogP contribution in [-0.2, 0) is 6.54 Å². The molecule has 0 saturated carbocycles. The fourth-order valence-corrected chi connectivity index (χ4v) is 2.13. The van der Waals surface area contributed by atoms with E-state index in [1.807, 2.05) is 30.5 Å². The van der Waals surface area contributed by atoms with Crippen LogP contribution in [0.15, 0.2) is 47.4 Å². The van der Waals surface area contributed by atoms with Crippen LogP contribution in [0, 0.1) is 17.1 Å². The van der Waals surface area contributed by atoms with Crippen LogP contribution < -0.4 is 5.32 Å². The van der Waals surface area contributed by atoms with Crippen molar-refractivity contribution in [3.8, 4) is 6.07 Å². The molecule has 0 atom stereocenters. The maximum Gasteiger partial charge on any atom is 0.123 e. The normalized spacial score (nSPS) is 9.95. The summed E-state index contributed by atoms with van der Waals surface area (Å²) < 4.78 is 13.2. The molecule has 0 radical (unpaired) electrons. The smallest absolute Gasteiger partial charge is 0.123 e. The summed E-state index contributed by atoms with van der Waals surface area (Å²) in [6, 6.07) is 14.2. The third-order valence-corrected chi connectivity index (χ3v) is 3.50. The molecule has 0 bridgehead atoms. The van der Waals surface area contributed by atoms with Crippen molar-refractivity contribution in [2.24, 2.45) is 0 Å². The topological polar surface area (TPSA) is 35.8 Å². The highest BCUT2D eigenvalue weighted by Crippen LogP contribution is 2.18. The zero-order valence-electron chi connectivity index (χ0n) is 10.5. The van der Waals surface area contributed by atoms with Gasteiger partial charge in [0.05, 0.1) is 11.6 Å². The van der Waals surface area contributed by atoms with Crippen molar-refractivity contribution in [3.63, 3.8) is 0 Å². The van der Waals surface area contributed by atoms with Crippen LogP contribution in [0.4, 0.5) is 10.1 Å². The predicted octanol–water partition coefficient (Wildman–Crippen LogP) is 4.03. The predicted molar refractivity (Wildman–Crippen MR) is 76.7 cm³/mol. The summed E-state index contributed by atoms with van der Waals surface area (Å²) in [5.41, 5.74) is 2.11. The SMILES string of the molecule is CSc1ccc(NCc2cc(F)ccc2C#N)cc1. The van der Waals surface area contributed by atoms with Crippen LogP contribution in [0.3, 0.4) is 0 Å². The van der Waals surface area contributed by atoms with Crippen molar-refractivity contribution in [1.29, 1.82) is 5.26 Å². The first kappa shape index (κ1) is 13.4. The Kier molecular flexibility index (Phi) is 4.43. The first-order valence-electron chi connectivity index (χ1n) is 5.79. The Balaban J connectivity index is 2.09. The summed E-state index contributed by atoms with van der Waals surface area (Å²) in [6.07, 6.45) is 2.02. The summed E-state index contributed by atoms with van der Waals surface area (Å²) in [5, 5.41) is 12.2. The molecule has 0 unspecified atom stereocenters. The second-order valence-corrected chi connectivity index (χ2v) is 4.87. The molecule has 2 rings (SSSR count). The van der Waals surface area contributed by atoms with Crippen molar-refractivity contribution in [2.75, 3.05) is 11.6 Å². The molecule has 0 heterocycles. The maximum atomic E-state index is 13.2. The Morgan fingerprint density at radius 2 is 1.95 bits per heavy atom. The number of thioether (sulfide) groups is 1. The first-order chi connectivity index (χ1) is 9.22. The summed E-state index contributed by atoms with van der Waals surface area (Å²) >= 11 is 1.68. The van der Waals surface area contributed by atoms with E-state index in [4.69, 9.17) is 5.26 Å². The van der Waals surface area contributed by atoms with Gasteiger partial charge in [0.1, 0.15) is 5.82 Å². The molecule has 0 saturated heterocycles. The van der Waals surface area contributed by atoms with Gasteiger partial charge < -0.3 is 5.32 Å². The second-order valence-electron chi connectivity index (χ2n) is 4.00. The number of hydrogen-bond acceptors (Lipinski definition) is 3. The molecule has 2 nitrogen and oxygen atoms in total. The zero-order valence-corrected chi connectivity index (χ0v) is 11.3. The van der Waals surface area contributed by atoms with Crippen molar-refractivity contribution in [3.05, 3.63) is 59.4 Å². The van der Waals surface area contributed by atoms with E-state index in [-0.39, 0.29) is 5.82 Å². The molecule has 0 aromatic heterocycles. The van der Waals surface area contributed by atoms with Crippen LogP contribution in [0.1, 0.15) is 11.1 Å². The van der Waals surface area contributed by atoms with Crippen LogP contribution in [0.25, 0.3) is 0 Å². The number of halogens is 1. The summed E-state index contributed by atoms with van der Waals surface area (Å²) in [7, 11) is 0. The minimum absolute atomic E-state index is 0.325. The van der Waals surface area contributed by atoms with E-state index in [1.54, 1.807) is 11.8 Å². The average Bonchev–Trinajstić information content (AvgIpc) is 2.46. The van der Waals surface area contributed by atoms with Crippen molar-refractivity contribution >= 4 is 17.4 Å². The molecule has 2 aromatic carbocycles. The van der Waals surface area contributed by atoms with Crippen molar-refractivity contribution in [1.82, 2.24) is 0 Å². The third kappa shape index (κ3) is 3.49. The molecular formula is C15H13FN2S. The lowest BCUT2D eigenvalue weighted by Gasteiger charge is -2.08. The summed E-state index contributed by atoms with van der Waals surface area (Å²) in [5.74, 6) is -0.325. The van der Waals surface area contributed by atoms with Crippen LogP contribution >= 0.6 is 11.8 Å². The van der Waals surface area contributed by atoms with E-state index in [2.05, 4.69) is 11.4 Å². The zero-order chi connectivity index (χ0) is 13.7. The largest absolute Gasteiger partial charge is 0.381 e. The summed E-state index contributed by atoms with van der Waals surface area (Å²) in [4.78, 5) is 1.19. The first-order valence-corrected chi connectivity index (χ1v) is 7.02. The number of rotatable bonds is 4. The lowest BCUT2D eigenvalue weighted by molar-refractivity contribution is 0.625. The fraction of sp³-hybridized carbons (Fsp3) is 0.133. The van der Waals surface area contributed by atoms with Gasteiger partial charge in [-0.05, 0) is 54.3 Å². The van der Waals surface area contributed by atoms with Crippen LogP contribution in [-0.4, -0.2) is 6.26 Å². The van der Waals surface area contributed by atoms with Gasteiger partial charge in [-0.25, -0.2) is 4.39 Å². The minimum Gasteiger partial charge on any atom is -0.381 e. The standard InChI is InChI=1S/C15H13FN2S/c1-19-15-6-4-14(5-7-15)18-10-12-8-13(16)3-2-11(12)9-17/h2-8,18H,10H2,1H3. The molecule has 19 heavy (non-hydrogen) atoms. The number of nitrogens with zero attached hydrogens (tertiary/aromatic N) is 1. The third-order valence-electron chi connectivity index (χ3n) is 2.76. The molecule has 0 spiro atoms. The lowest BCUT2D eigenvalue weighted by Crippen LogP contribution is -2.02. The van der Waals surface area contributed by atoms with Crippen molar-refractivity contribution in [2.45, 2.75) is 11.4 Å². The monoisotopic (exact) mass is 272 g/mol. The van der Waals surface area contributed by atoms with Crippen molar-refractivity contribution < 1.29 is 4.39 Å². The number of nitriles is 1. The van der Waals surface area contributed by atoms with E-state index < -0.39 is 0 Å². The highest BCUT2D eigenvalue weighted by Gasteiger charge is 2.03. The van der Waals surface area contributed by atoms with Crippen LogP contribution in [0.5, 0.6) is 0 Å². The Bertz CT molecular complexity index is 603. The molecule has 0 amide bonds. The molecule has 1 N–H and O–H groups in total.